The third-order valence-corrected chi connectivity index (χ3v) is 8.30. The topological polar surface area (TPSA) is 96.2 Å². The number of carbonyl (C=O) groups excluding carboxylic acids is 1. The molecule has 6 heteroatoms. The number of allylic oxidation sites excluding steroid dienone is 5. The predicted octanol–water partition coefficient (Wildman–Crippen LogP) is 5.39. The molecule has 0 bridgehead atoms. The van der Waals surface area contributed by atoms with Crippen LogP contribution in [0.15, 0.2) is 47.6 Å². The lowest BCUT2D eigenvalue weighted by atomic mass is 9.62. The maximum absolute atomic E-state index is 11.7. The lowest BCUT2D eigenvalue weighted by molar-refractivity contribution is -0.0656. The van der Waals surface area contributed by atoms with Crippen molar-refractivity contribution in [1.29, 1.82) is 0 Å². The van der Waals surface area contributed by atoms with Gasteiger partial charge in [-0.25, -0.2) is 4.79 Å². The van der Waals surface area contributed by atoms with Crippen LogP contribution in [-0.4, -0.2) is 52.0 Å². The highest BCUT2D eigenvalue weighted by Gasteiger charge is 2.49. The smallest absolute Gasteiger partial charge is 0.435 e. The van der Waals surface area contributed by atoms with Gasteiger partial charge in [-0.15, -0.1) is 0 Å². The number of hydrogen-bond donors (Lipinski definition) is 3. The molecule has 3 fully saturated rings. The molecule has 6 nitrogen and oxygen atoms in total. The van der Waals surface area contributed by atoms with Crippen LogP contribution >= 0.6 is 0 Å². The van der Waals surface area contributed by atoms with Crippen molar-refractivity contribution in [3.05, 3.63) is 47.6 Å². The van der Waals surface area contributed by atoms with Crippen molar-refractivity contribution in [1.82, 2.24) is 0 Å². The van der Waals surface area contributed by atoms with Crippen molar-refractivity contribution in [2.45, 2.75) is 103 Å². The summed E-state index contributed by atoms with van der Waals surface area (Å²) >= 11 is 0. The summed E-state index contributed by atoms with van der Waals surface area (Å²) in [6.07, 6.45) is 12.5. The van der Waals surface area contributed by atoms with Crippen LogP contribution in [0, 0.1) is 17.3 Å². The van der Waals surface area contributed by atoms with Crippen LogP contribution in [-0.2, 0) is 9.47 Å². The van der Waals surface area contributed by atoms with Crippen molar-refractivity contribution in [2.24, 2.45) is 17.3 Å². The largest absolute Gasteiger partial charge is 0.508 e. The number of aliphatic hydroxyl groups is 3. The van der Waals surface area contributed by atoms with Gasteiger partial charge in [0, 0.05) is 0 Å². The molecule has 3 N–H and O–H groups in total. The second-order valence-electron chi connectivity index (χ2n) is 11.3. The van der Waals surface area contributed by atoms with Crippen molar-refractivity contribution in [3.8, 4) is 0 Å². The predicted molar refractivity (Wildman–Crippen MR) is 137 cm³/mol. The molecule has 0 saturated heterocycles. The Hall–Kier alpha value is -1.89. The van der Waals surface area contributed by atoms with Gasteiger partial charge in [0.25, 0.3) is 0 Å². The molecule has 0 aromatic rings. The second-order valence-corrected chi connectivity index (χ2v) is 11.3. The normalized spacial score (nSPS) is 33.5. The first-order chi connectivity index (χ1) is 16.5. The number of carbonyl (C=O) groups is 1. The van der Waals surface area contributed by atoms with E-state index in [0.717, 1.165) is 43.3 Å². The number of aliphatic hydroxyl groups excluding tert-OH is 3. The molecule has 0 heterocycles. The first-order valence-electron chi connectivity index (χ1n) is 13.1. The van der Waals surface area contributed by atoms with Crippen LogP contribution in [0.5, 0.6) is 0 Å². The van der Waals surface area contributed by atoms with Gasteiger partial charge in [-0.2, -0.15) is 0 Å². The molecule has 3 aliphatic carbocycles. The minimum Gasteiger partial charge on any atom is -0.435 e. The van der Waals surface area contributed by atoms with E-state index in [1.54, 1.807) is 26.8 Å². The van der Waals surface area contributed by atoms with E-state index in [-0.39, 0.29) is 12.0 Å². The standard InChI is InChI=1S/C29H44O6/c1-6-34-27(33)35-28(3,4)26(32)14-9-19(2)24-12-13-25-21(8-7-15-29(24,25)5)11-10-20-16-22(30)18-23(31)17-20/h9-11,14,22-26,30-32H,2,6-8,12-13,15-18H2,1,3-5H3/b14-9+,21-11+/t22-,23-,24-,25+,26+,29-/m1/s1. The summed E-state index contributed by atoms with van der Waals surface area (Å²) in [5.41, 5.74) is 2.58. The van der Waals surface area contributed by atoms with Crippen molar-refractivity contribution >= 4 is 6.16 Å². The number of ether oxygens (including phenoxy) is 2. The Bertz CT molecular complexity index is 856. The third-order valence-electron chi connectivity index (χ3n) is 8.30. The number of rotatable bonds is 7. The van der Waals surface area contributed by atoms with Gasteiger partial charge in [-0.3, -0.25) is 0 Å². The molecule has 3 rings (SSSR count). The van der Waals surface area contributed by atoms with Crippen LogP contribution in [0.1, 0.15) is 79.1 Å². The molecule has 0 aliphatic heterocycles. The van der Waals surface area contributed by atoms with Gasteiger partial charge in [0.15, 0.2) is 0 Å². The van der Waals surface area contributed by atoms with Crippen molar-refractivity contribution in [2.75, 3.05) is 6.61 Å². The monoisotopic (exact) mass is 488 g/mol. The maximum Gasteiger partial charge on any atom is 0.508 e. The summed E-state index contributed by atoms with van der Waals surface area (Å²) in [6, 6.07) is 0. The minimum absolute atomic E-state index is 0.109. The van der Waals surface area contributed by atoms with E-state index in [2.05, 4.69) is 25.7 Å². The van der Waals surface area contributed by atoms with Crippen molar-refractivity contribution in [3.63, 3.8) is 0 Å². The minimum atomic E-state index is -1.11. The third kappa shape index (κ3) is 6.66. The average molecular weight is 489 g/mol. The first-order valence-corrected chi connectivity index (χ1v) is 13.1. The van der Waals surface area contributed by atoms with Gasteiger partial charge in [0.1, 0.15) is 11.7 Å². The van der Waals surface area contributed by atoms with E-state index in [4.69, 9.17) is 9.47 Å². The quantitative estimate of drug-likeness (QED) is 0.329. The highest BCUT2D eigenvalue weighted by Crippen LogP contribution is 2.59. The maximum atomic E-state index is 11.7. The number of fused-ring (bicyclic) bond motifs is 1. The second kappa shape index (κ2) is 11.4. The van der Waals surface area contributed by atoms with Crippen LogP contribution < -0.4 is 0 Å². The summed E-state index contributed by atoms with van der Waals surface area (Å²) < 4.78 is 10.1. The fourth-order valence-corrected chi connectivity index (χ4v) is 6.36. The van der Waals surface area contributed by atoms with E-state index >= 15 is 0 Å². The molecule has 0 unspecified atom stereocenters. The Morgan fingerprint density at radius 2 is 1.91 bits per heavy atom. The van der Waals surface area contributed by atoms with Crippen LogP contribution in [0.3, 0.4) is 0 Å². The molecule has 35 heavy (non-hydrogen) atoms. The summed E-state index contributed by atoms with van der Waals surface area (Å²) in [5.74, 6) is 0.801. The van der Waals surface area contributed by atoms with Gasteiger partial charge in [-0.05, 0) is 89.4 Å². The Kier molecular flexibility index (Phi) is 9.06. The zero-order valence-corrected chi connectivity index (χ0v) is 21.8. The molecule has 0 aromatic heterocycles. The Balaban J connectivity index is 1.68. The Morgan fingerprint density at radius 1 is 1.23 bits per heavy atom. The van der Waals surface area contributed by atoms with Crippen LogP contribution in [0.25, 0.3) is 0 Å². The summed E-state index contributed by atoms with van der Waals surface area (Å²) in [5, 5.41) is 30.6. The van der Waals surface area contributed by atoms with E-state index in [9.17, 15) is 20.1 Å². The Morgan fingerprint density at radius 3 is 2.57 bits per heavy atom. The summed E-state index contributed by atoms with van der Waals surface area (Å²) in [6.45, 7) is 12.0. The molecule has 0 aromatic carbocycles. The molecule has 0 spiro atoms. The van der Waals surface area contributed by atoms with E-state index < -0.39 is 30.1 Å². The van der Waals surface area contributed by atoms with Gasteiger partial charge < -0.3 is 24.8 Å². The summed E-state index contributed by atoms with van der Waals surface area (Å²) in [7, 11) is 0. The highest BCUT2D eigenvalue weighted by atomic mass is 16.7. The van der Waals surface area contributed by atoms with Crippen molar-refractivity contribution < 1.29 is 29.6 Å². The molecule has 196 valence electrons. The average Bonchev–Trinajstić information content (AvgIpc) is 3.12. The molecular weight excluding hydrogens is 444 g/mol. The Labute approximate surface area is 210 Å². The molecular formula is C29H44O6. The molecule has 3 aliphatic rings. The molecule has 3 saturated carbocycles. The zero-order valence-electron chi connectivity index (χ0n) is 21.8. The lowest BCUT2D eigenvalue weighted by Gasteiger charge is -2.42. The zero-order chi connectivity index (χ0) is 25.8. The van der Waals surface area contributed by atoms with Gasteiger partial charge in [0.05, 0.1) is 18.8 Å². The SMILES string of the molecule is C=C(/C=C/[C@H](O)C(C)(C)OC(=O)OCC)[C@H]1CC[C@H]2/C(=C/C=C3C[C@@H](O)C[C@H](O)C3)CCC[C@]12C. The van der Waals surface area contributed by atoms with Gasteiger partial charge in [0.2, 0.25) is 0 Å². The lowest BCUT2D eigenvalue weighted by Crippen LogP contribution is -2.40. The fraction of sp³-hybridized carbons (Fsp3) is 0.690. The fourth-order valence-electron chi connectivity index (χ4n) is 6.36. The van der Waals surface area contributed by atoms with E-state index in [1.165, 1.54) is 5.57 Å². The van der Waals surface area contributed by atoms with Crippen LogP contribution in [0.2, 0.25) is 0 Å². The molecule has 6 atom stereocenters. The number of hydrogen-bond acceptors (Lipinski definition) is 6. The van der Waals surface area contributed by atoms with Gasteiger partial charge in [-0.1, -0.05) is 54.5 Å². The first kappa shape index (κ1) is 27.7. The van der Waals surface area contributed by atoms with Gasteiger partial charge >= 0.3 is 6.16 Å². The molecule has 0 amide bonds. The highest BCUT2D eigenvalue weighted by molar-refractivity contribution is 5.60. The van der Waals surface area contributed by atoms with E-state index in [0.29, 0.717) is 31.1 Å². The van der Waals surface area contributed by atoms with Crippen LogP contribution in [0.4, 0.5) is 4.79 Å². The molecule has 0 radical (unpaired) electrons. The van der Waals surface area contributed by atoms with E-state index in [1.807, 2.05) is 6.08 Å². The summed E-state index contributed by atoms with van der Waals surface area (Å²) in [4.78, 5) is 11.7.